The zero-order valence-electron chi connectivity index (χ0n) is 12.8. The SMILES string of the molecule is CC(=O)Oc1cccc(N2C(=O)[C@@H]3[C@H](C2=O)[C@H]2C=C[C@@H]3CC2)c1. The van der Waals surface area contributed by atoms with E-state index in [0.29, 0.717) is 11.4 Å². The number of anilines is 1. The van der Waals surface area contributed by atoms with Crippen LogP contribution in [0.15, 0.2) is 36.4 Å². The van der Waals surface area contributed by atoms with E-state index in [2.05, 4.69) is 12.2 Å². The van der Waals surface area contributed by atoms with Crippen LogP contribution >= 0.6 is 0 Å². The van der Waals surface area contributed by atoms with Gasteiger partial charge in [0.1, 0.15) is 5.75 Å². The summed E-state index contributed by atoms with van der Waals surface area (Å²) >= 11 is 0. The van der Waals surface area contributed by atoms with Crippen LogP contribution in [0.2, 0.25) is 0 Å². The molecule has 5 rings (SSSR count). The third-order valence-electron chi connectivity index (χ3n) is 5.10. The number of benzene rings is 1. The van der Waals surface area contributed by atoms with E-state index in [0.717, 1.165) is 12.8 Å². The Bertz CT molecular complexity index is 706. The minimum atomic E-state index is -0.433. The summed E-state index contributed by atoms with van der Waals surface area (Å²) in [5.41, 5.74) is 0.479. The fourth-order valence-corrected chi connectivity index (χ4v) is 4.18. The van der Waals surface area contributed by atoms with Gasteiger partial charge in [0.25, 0.3) is 0 Å². The first-order valence-electron chi connectivity index (χ1n) is 7.91. The molecule has 0 spiro atoms. The molecule has 23 heavy (non-hydrogen) atoms. The van der Waals surface area contributed by atoms with Gasteiger partial charge in [0.2, 0.25) is 11.8 Å². The van der Waals surface area contributed by atoms with Crippen LogP contribution in [0.1, 0.15) is 19.8 Å². The van der Waals surface area contributed by atoms with Gasteiger partial charge in [0.15, 0.2) is 0 Å². The summed E-state index contributed by atoms with van der Waals surface area (Å²) in [5, 5.41) is 0. The zero-order chi connectivity index (χ0) is 16.1. The molecule has 0 N–H and O–H groups in total. The van der Waals surface area contributed by atoms with Gasteiger partial charge < -0.3 is 4.74 Å². The number of carbonyl (C=O) groups excluding carboxylic acids is 3. The molecule has 1 heterocycles. The van der Waals surface area contributed by atoms with Crippen LogP contribution in [0.3, 0.4) is 0 Å². The second kappa shape index (κ2) is 5.05. The normalized spacial score (nSPS) is 31.4. The van der Waals surface area contributed by atoms with Crippen LogP contribution in [0.25, 0.3) is 0 Å². The second-order valence-electron chi connectivity index (χ2n) is 6.44. The molecule has 0 radical (unpaired) electrons. The van der Waals surface area contributed by atoms with Gasteiger partial charge in [-0.1, -0.05) is 18.2 Å². The number of rotatable bonds is 2. The lowest BCUT2D eigenvalue weighted by Crippen LogP contribution is -2.38. The highest BCUT2D eigenvalue weighted by Crippen LogP contribution is 2.50. The number of carbonyl (C=O) groups is 3. The minimum absolute atomic E-state index is 0.126. The molecular formula is C18H17NO4. The topological polar surface area (TPSA) is 63.7 Å². The van der Waals surface area contributed by atoms with Crippen molar-refractivity contribution in [1.29, 1.82) is 0 Å². The maximum Gasteiger partial charge on any atom is 0.308 e. The van der Waals surface area contributed by atoms with Gasteiger partial charge >= 0.3 is 5.97 Å². The minimum Gasteiger partial charge on any atom is -0.427 e. The summed E-state index contributed by atoms with van der Waals surface area (Å²) in [6, 6.07) is 6.59. The van der Waals surface area contributed by atoms with Crippen LogP contribution in [-0.2, 0) is 14.4 Å². The number of amides is 2. The monoisotopic (exact) mass is 311 g/mol. The molecule has 1 saturated carbocycles. The van der Waals surface area contributed by atoms with Gasteiger partial charge in [-0.3, -0.25) is 14.4 Å². The highest BCUT2D eigenvalue weighted by atomic mass is 16.5. The summed E-state index contributed by atoms with van der Waals surface area (Å²) in [6.45, 7) is 1.32. The molecule has 1 saturated heterocycles. The number of hydrogen-bond acceptors (Lipinski definition) is 4. The zero-order valence-corrected chi connectivity index (χ0v) is 12.8. The van der Waals surface area contributed by atoms with Crippen molar-refractivity contribution >= 4 is 23.5 Å². The molecule has 2 bridgehead atoms. The molecule has 3 aliphatic carbocycles. The van der Waals surface area contributed by atoms with Crippen LogP contribution in [0, 0.1) is 23.7 Å². The van der Waals surface area contributed by atoms with E-state index in [1.54, 1.807) is 24.3 Å². The molecule has 5 nitrogen and oxygen atoms in total. The predicted octanol–water partition coefficient (Wildman–Crippen LogP) is 2.31. The first-order chi connectivity index (χ1) is 11.1. The van der Waals surface area contributed by atoms with Crippen molar-refractivity contribution in [2.75, 3.05) is 4.90 Å². The van der Waals surface area contributed by atoms with Gasteiger partial charge in [0, 0.05) is 13.0 Å². The highest BCUT2D eigenvalue weighted by Gasteiger charge is 2.56. The maximum atomic E-state index is 12.8. The van der Waals surface area contributed by atoms with Gasteiger partial charge in [0.05, 0.1) is 17.5 Å². The van der Waals surface area contributed by atoms with E-state index in [9.17, 15) is 14.4 Å². The Morgan fingerprint density at radius 3 is 2.22 bits per heavy atom. The molecule has 1 aromatic carbocycles. The molecule has 2 amide bonds. The van der Waals surface area contributed by atoms with E-state index < -0.39 is 5.97 Å². The molecule has 2 fully saturated rings. The number of imide groups is 1. The summed E-state index contributed by atoms with van der Waals surface area (Å²) in [6.07, 6.45) is 6.14. The fourth-order valence-electron chi connectivity index (χ4n) is 4.18. The molecule has 4 aliphatic rings. The van der Waals surface area contributed by atoms with Crippen LogP contribution in [0.4, 0.5) is 5.69 Å². The van der Waals surface area contributed by atoms with Crippen LogP contribution in [-0.4, -0.2) is 17.8 Å². The Kier molecular flexibility index (Phi) is 3.11. The number of allylic oxidation sites excluding steroid dienone is 2. The maximum absolute atomic E-state index is 12.8. The fraction of sp³-hybridized carbons (Fsp3) is 0.389. The van der Waals surface area contributed by atoms with Crippen LogP contribution in [0.5, 0.6) is 5.75 Å². The first-order valence-corrected chi connectivity index (χ1v) is 7.91. The molecule has 5 heteroatoms. The van der Waals surface area contributed by atoms with Crippen molar-refractivity contribution in [3.8, 4) is 5.75 Å². The molecule has 0 unspecified atom stereocenters. The summed E-state index contributed by atoms with van der Waals surface area (Å²) in [7, 11) is 0. The Hall–Kier alpha value is -2.43. The van der Waals surface area contributed by atoms with Crippen molar-refractivity contribution in [2.24, 2.45) is 23.7 Å². The predicted molar refractivity (Wildman–Crippen MR) is 82.6 cm³/mol. The van der Waals surface area contributed by atoms with E-state index in [1.807, 2.05) is 0 Å². The molecule has 1 aromatic rings. The number of fused-ring (bicyclic) bond motifs is 1. The third kappa shape index (κ3) is 2.11. The number of nitrogens with zero attached hydrogens (tertiary/aromatic N) is 1. The van der Waals surface area contributed by atoms with Crippen molar-refractivity contribution in [1.82, 2.24) is 0 Å². The average molecular weight is 311 g/mol. The lowest BCUT2D eigenvalue weighted by molar-refractivity contribution is -0.132. The summed E-state index contributed by atoms with van der Waals surface area (Å²) in [5.74, 6) is -0.472. The highest BCUT2D eigenvalue weighted by molar-refractivity contribution is 6.22. The Morgan fingerprint density at radius 2 is 1.70 bits per heavy atom. The number of esters is 1. The molecule has 1 aliphatic heterocycles. The van der Waals surface area contributed by atoms with Gasteiger partial charge in [-0.2, -0.15) is 0 Å². The van der Waals surface area contributed by atoms with Crippen molar-refractivity contribution < 1.29 is 19.1 Å². The van der Waals surface area contributed by atoms with E-state index in [4.69, 9.17) is 4.74 Å². The van der Waals surface area contributed by atoms with Gasteiger partial charge in [-0.05, 0) is 36.8 Å². The van der Waals surface area contributed by atoms with E-state index >= 15 is 0 Å². The van der Waals surface area contributed by atoms with Gasteiger partial charge in [-0.25, -0.2) is 4.90 Å². The van der Waals surface area contributed by atoms with Gasteiger partial charge in [-0.15, -0.1) is 0 Å². The quantitative estimate of drug-likeness (QED) is 0.364. The van der Waals surface area contributed by atoms with Crippen molar-refractivity contribution in [3.05, 3.63) is 36.4 Å². The summed E-state index contributed by atoms with van der Waals surface area (Å²) in [4.78, 5) is 38.0. The largest absolute Gasteiger partial charge is 0.427 e. The molecule has 118 valence electrons. The second-order valence-corrected chi connectivity index (χ2v) is 6.44. The standard InChI is InChI=1S/C18H17NO4/c1-10(20)23-14-4-2-3-13(9-14)19-17(21)15-11-5-6-12(8-7-11)16(15)18(19)22/h2-6,9,11-12,15-16H,7-8H2,1H3/t11-,12+,15+,16-. The van der Waals surface area contributed by atoms with E-state index in [-0.39, 0.29) is 35.5 Å². The van der Waals surface area contributed by atoms with Crippen molar-refractivity contribution in [2.45, 2.75) is 19.8 Å². The van der Waals surface area contributed by atoms with Crippen LogP contribution < -0.4 is 9.64 Å². The summed E-state index contributed by atoms with van der Waals surface area (Å²) < 4.78 is 5.06. The third-order valence-corrected chi connectivity index (χ3v) is 5.10. The Balaban J connectivity index is 1.69. The van der Waals surface area contributed by atoms with E-state index in [1.165, 1.54) is 11.8 Å². The average Bonchev–Trinajstić information content (AvgIpc) is 2.82. The Morgan fingerprint density at radius 1 is 1.09 bits per heavy atom. The number of hydrogen-bond donors (Lipinski definition) is 0. The smallest absolute Gasteiger partial charge is 0.308 e. The molecule has 4 atom stereocenters. The first kappa shape index (κ1) is 14.2. The molecular weight excluding hydrogens is 294 g/mol. The number of ether oxygens (including phenoxy) is 1. The molecule has 0 aromatic heterocycles. The van der Waals surface area contributed by atoms with Crippen molar-refractivity contribution in [3.63, 3.8) is 0 Å². The lowest BCUT2D eigenvalue weighted by atomic mass is 9.63. The lowest BCUT2D eigenvalue weighted by Gasteiger charge is -2.38. The Labute approximate surface area is 133 Å².